The summed E-state index contributed by atoms with van der Waals surface area (Å²) < 4.78 is 27.1. The van der Waals surface area contributed by atoms with Gasteiger partial charge in [-0.3, -0.25) is 9.69 Å². The number of nitrogens with zero attached hydrogens (tertiary/aromatic N) is 1. The van der Waals surface area contributed by atoms with Crippen LogP contribution in [-0.2, 0) is 23.1 Å². The summed E-state index contributed by atoms with van der Waals surface area (Å²) in [6.45, 7) is 4.84. The zero-order chi connectivity index (χ0) is 23.1. The summed E-state index contributed by atoms with van der Waals surface area (Å²) in [5.74, 6) is -0.221. The van der Waals surface area contributed by atoms with Crippen LogP contribution in [0.2, 0.25) is 0 Å². The van der Waals surface area contributed by atoms with E-state index in [1.54, 1.807) is 26.0 Å². The summed E-state index contributed by atoms with van der Waals surface area (Å²) in [6.07, 6.45) is 6.47. The van der Waals surface area contributed by atoms with Crippen molar-refractivity contribution in [3.05, 3.63) is 65.2 Å². The van der Waals surface area contributed by atoms with Crippen molar-refractivity contribution in [3.8, 4) is 0 Å². The number of amides is 1. The lowest BCUT2D eigenvalue weighted by molar-refractivity contribution is 0.0950. The number of carbonyl (C=O) groups excluding carboxylic acids is 1. The molecule has 2 aromatic carbocycles. The number of carbonyl (C=O) groups is 1. The van der Waals surface area contributed by atoms with Crippen molar-refractivity contribution in [2.24, 2.45) is 0 Å². The first-order valence-electron chi connectivity index (χ1n) is 11.4. The van der Waals surface area contributed by atoms with E-state index in [4.69, 9.17) is 0 Å². The highest BCUT2D eigenvalue weighted by Gasteiger charge is 2.19. The van der Waals surface area contributed by atoms with Crippen LogP contribution in [0.1, 0.15) is 67.4 Å². The summed E-state index contributed by atoms with van der Waals surface area (Å²) >= 11 is 0. The second-order valence-corrected chi connectivity index (χ2v) is 10.7. The molecule has 0 bridgehead atoms. The average Bonchev–Trinajstić information content (AvgIpc) is 2.78. The second-order valence-electron chi connectivity index (χ2n) is 8.96. The molecule has 0 heterocycles. The quantitative estimate of drug-likeness (QED) is 0.595. The van der Waals surface area contributed by atoms with Gasteiger partial charge in [0.15, 0.2) is 0 Å². The van der Waals surface area contributed by atoms with Crippen LogP contribution in [0.3, 0.4) is 0 Å². The van der Waals surface area contributed by atoms with Crippen molar-refractivity contribution in [3.63, 3.8) is 0 Å². The van der Waals surface area contributed by atoms with E-state index >= 15 is 0 Å². The number of hydrogen-bond acceptors (Lipinski definition) is 4. The Hall–Kier alpha value is -2.22. The number of rotatable bonds is 9. The Balaban J connectivity index is 1.61. The highest BCUT2D eigenvalue weighted by Crippen LogP contribution is 2.23. The van der Waals surface area contributed by atoms with Gasteiger partial charge in [0.25, 0.3) is 5.91 Å². The van der Waals surface area contributed by atoms with Crippen LogP contribution in [0.5, 0.6) is 0 Å². The Morgan fingerprint density at radius 1 is 1.00 bits per heavy atom. The molecule has 1 saturated carbocycles. The van der Waals surface area contributed by atoms with Gasteiger partial charge in [-0.25, -0.2) is 13.1 Å². The smallest absolute Gasteiger partial charge is 0.251 e. The van der Waals surface area contributed by atoms with E-state index in [9.17, 15) is 13.2 Å². The highest BCUT2D eigenvalue weighted by atomic mass is 32.2. The van der Waals surface area contributed by atoms with Crippen LogP contribution >= 0.6 is 0 Å². The fourth-order valence-electron chi connectivity index (χ4n) is 4.25. The molecule has 0 aromatic heterocycles. The number of nitrogens with one attached hydrogen (secondary N) is 2. The fourth-order valence-corrected chi connectivity index (χ4v) is 5.50. The maximum Gasteiger partial charge on any atom is 0.251 e. The van der Waals surface area contributed by atoms with Gasteiger partial charge in [-0.1, -0.05) is 43.5 Å². The maximum atomic E-state index is 12.7. The largest absolute Gasteiger partial charge is 0.348 e. The van der Waals surface area contributed by atoms with E-state index in [0.717, 1.165) is 12.1 Å². The molecule has 1 aliphatic rings. The SMILES string of the molecule is CC(C)NS(=O)(=O)c1ccc(C(=O)NCc2ccccc2CN(C)C2CCCCC2)cc1. The first-order chi connectivity index (χ1) is 15.3. The molecule has 0 atom stereocenters. The lowest BCUT2D eigenvalue weighted by atomic mass is 9.94. The third-order valence-corrected chi connectivity index (χ3v) is 7.67. The Bertz CT molecular complexity index is 997. The van der Waals surface area contributed by atoms with Gasteiger partial charge in [-0.2, -0.15) is 0 Å². The topological polar surface area (TPSA) is 78.5 Å². The van der Waals surface area contributed by atoms with Gasteiger partial charge in [0.05, 0.1) is 4.90 Å². The van der Waals surface area contributed by atoms with Crippen molar-refractivity contribution in [2.45, 2.75) is 76.0 Å². The van der Waals surface area contributed by atoms with E-state index in [0.29, 0.717) is 18.2 Å². The number of hydrogen-bond donors (Lipinski definition) is 2. The van der Waals surface area contributed by atoms with Crippen molar-refractivity contribution >= 4 is 15.9 Å². The minimum Gasteiger partial charge on any atom is -0.348 e. The maximum absolute atomic E-state index is 12.7. The van der Waals surface area contributed by atoms with Gasteiger partial charge in [0.2, 0.25) is 10.0 Å². The predicted molar refractivity (Wildman–Crippen MR) is 128 cm³/mol. The first-order valence-corrected chi connectivity index (χ1v) is 12.9. The van der Waals surface area contributed by atoms with E-state index in [-0.39, 0.29) is 16.8 Å². The molecule has 1 amide bonds. The molecule has 0 unspecified atom stereocenters. The molecule has 2 N–H and O–H groups in total. The Labute approximate surface area is 192 Å². The van der Waals surface area contributed by atoms with Crippen molar-refractivity contribution in [1.29, 1.82) is 0 Å². The van der Waals surface area contributed by atoms with Crippen LogP contribution in [0.15, 0.2) is 53.4 Å². The van der Waals surface area contributed by atoms with Crippen LogP contribution in [0.25, 0.3) is 0 Å². The Morgan fingerprint density at radius 3 is 2.25 bits per heavy atom. The van der Waals surface area contributed by atoms with Crippen LogP contribution < -0.4 is 10.0 Å². The zero-order valence-electron chi connectivity index (χ0n) is 19.3. The molecule has 0 radical (unpaired) electrons. The summed E-state index contributed by atoms with van der Waals surface area (Å²) in [7, 11) is -1.38. The van der Waals surface area contributed by atoms with Gasteiger partial charge < -0.3 is 5.32 Å². The van der Waals surface area contributed by atoms with Crippen molar-refractivity contribution in [2.75, 3.05) is 7.05 Å². The monoisotopic (exact) mass is 457 g/mol. The van der Waals surface area contributed by atoms with Gasteiger partial charge in [-0.05, 0) is 69.1 Å². The summed E-state index contributed by atoms with van der Waals surface area (Å²) in [5, 5.41) is 2.98. The average molecular weight is 458 g/mol. The highest BCUT2D eigenvalue weighted by molar-refractivity contribution is 7.89. The molecule has 7 heteroatoms. The molecular weight excluding hydrogens is 422 g/mol. The number of sulfonamides is 1. The molecular formula is C25H35N3O3S. The Morgan fingerprint density at radius 2 is 1.62 bits per heavy atom. The molecule has 0 spiro atoms. The van der Waals surface area contributed by atoms with Crippen molar-refractivity contribution in [1.82, 2.24) is 14.9 Å². The second kappa shape index (κ2) is 11.1. The van der Waals surface area contributed by atoms with Gasteiger partial charge in [0.1, 0.15) is 0 Å². The van der Waals surface area contributed by atoms with Gasteiger partial charge in [-0.15, -0.1) is 0 Å². The van der Waals surface area contributed by atoms with Crippen LogP contribution in [0, 0.1) is 0 Å². The molecule has 32 heavy (non-hydrogen) atoms. The molecule has 1 aliphatic carbocycles. The molecule has 0 aliphatic heterocycles. The molecule has 6 nitrogen and oxygen atoms in total. The lowest BCUT2D eigenvalue weighted by Gasteiger charge is -2.31. The number of benzene rings is 2. The lowest BCUT2D eigenvalue weighted by Crippen LogP contribution is -2.33. The normalized spacial score (nSPS) is 15.3. The summed E-state index contributed by atoms with van der Waals surface area (Å²) in [5.41, 5.74) is 2.76. The first kappa shape index (κ1) is 24.4. The zero-order valence-corrected chi connectivity index (χ0v) is 20.1. The minimum atomic E-state index is -3.57. The minimum absolute atomic E-state index is 0.152. The van der Waals surface area contributed by atoms with Crippen molar-refractivity contribution < 1.29 is 13.2 Å². The molecule has 3 rings (SSSR count). The third-order valence-electron chi connectivity index (χ3n) is 5.99. The van der Waals surface area contributed by atoms with Crippen LogP contribution in [-0.4, -0.2) is 38.4 Å². The fraction of sp³-hybridized carbons (Fsp3) is 0.480. The summed E-state index contributed by atoms with van der Waals surface area (Å²) in [4.78, 5) is 15.2. The third kappa shape index (κ3) is 6.64. The molecule has 2 aromatic rings. The van der Waals surface area contributed by atoms with E-state index < -0.39 is 10.0 Å². The molecule has 174 valence electrons. The Kier molecular flexibility index (Phi) is 8.45. The summed E-state index contributed by atoms with van der Waals surface area (Å²) in [6, 6.07) is 14.7. The standard InChI is InChI=1S/C25H35N3O3S/c1-19(2)27-32(30,31)24-15-13-20(14-16-24)25(29)26-17-21-9-7-8-10-22(21)18-28(3)23-11-5-4-6-12-23/h7-10,13-16,19,23,27H,4-6,11-12,17-18H2,1-3H3,(H,26,29). The predicted octanol–water partition coefficient (Wildman–Crippen LogP) is 4.07. The molecule has 1 fully saturated rings. The van der Waals surface area contributed by atoms with E-state index in [1.807, 2.05) is 12.1 Å². The van der Waals surface area contributed by atoms with E-state index in [1.165, 1.54) is 49.8 Å². The van der Waals surface area contributed by atoms with Gasteiger partial charge >= 0.3 is 0 Å². The van der Waals surface area contributed by atoms with Crippen LogP contribution in [0.4, 0.5) is 0 Å². The van der Waals surface area contributed by atoms with E-state index in [2.05, 4.69) is 34.1 Å². The molecule has 0 saturated heterocycles. The van der Waals surface area contributed by atoms with Gasteiger partial charge in [0, 0.05) is 30.7 Å².